The topological polar surface area (TPSA) is 106 Å². The Morgan fingerprint density at radius 3 is 2.65 bits per heavy atom. The lowest BCUT2D eigenvalue weighted by Crippen LogP contribution is -2.57. The minimum Gasteiger partial charge on any atom is -0.340 e. The van der Waals surface area contributed by atoms with Crippen LogP contribution in [0, 0.1) is 12.7 Å². The number of nitrogens with zero attached hydrogens (tertiary/aromatic N) is 6. The van der Waals surface area contributed by atoms with Crippen molar-refractivity contribution in [3.05, 3.63) is 106 Å². The fourth-order valence-electron chi connectivity index (χ4n) is 6.44. The first-order valence-corrected chi connectivity index (χ1v) is 13.5. The molecule has 3 unspecified atom stereocenters. The van der Waals surface area contributed by atoms with Crippen LogP contribution in [0.3, 0.4) is 0 Å². The van der Waals surface area contributed by atoms with E-state index in [1.54, 1.807) is 16.8 Å². The van der Waals surface area contributed by atoms with E-state index in [1.807, 2.05) is 26.4 Å². The molecule has 202 valence electrons. The van der Waals surface area contributed by atoms with Crippen LogP contribution in [0.15, 0.2) is 81.1 Å². The van der Waals surface area contributed by atoms with Gasteiger partial charge in [0, 0.05) is 37.2 Å². The second-order valence-electron chi connectivity index (χ2n) is 10.5. The van der Waals surface area contributed by atoms with Crippen LogP contribution in [0.5, 0.6) is 0 Å². The van der Waals surface area contributed by atoms with E-state index >= 15 is 0 Å². The monoisotopic (exact) mass is 536 g/mol. The fourth-order valence-corrected chi connectivity index (χ4v) is 6.44. The lowest BCUT2D eigenvalue weighted by molar-refractivity contribution is 0.342. The SMILES string of the molecule is CCC1C2=C(CC(C3=NNC(c4ccc(F)cc4)=NC3)NC2(c2cnn(C)c2)c2noc(C)n2)c2ccccc21. The molecular formula is C30H29FN8O. The summed E-state index contributed by atoms with van der Waals surface area (Å²) in [5.41, 5.74) is 9.90. The third-order valence-corrected chi connectivity index (χ3v) is 8.17. The minimum absolute atomic E-state index is 0.174. The van der Waals surface area contributed by atoms with Crippen LogP contribution in [0.4, 0.5) is 4.39 Å². The molecule has 1 aliphatic carbocycles. The van der Waals surface area contributed by atoms with Crippen molar-refractivity contribution >= 4 is 17.1 Å². The molecule has 0 saturated heterocycles. The minimum atomic E-state index is -0.882. The maximum atomic E-state index is 13.5. The van der Waals surface area contributed by atoms with Gasteiger partial charge in [0.15, 0.2) is 0 Å². The Balaban J connectivity index is 1.37. The lowest BCUT2D eigenvalue weighted by Gasteiger charge is -2.43. The number of hydrogen-bond donors (Lipinski definition) is 2. The van der Waals surface area contributed by atoms with Gasteiger partial charge in [-0.25, -0.2) is 4.39 Å². The molecule has 0 spiro atoms. The average Bonchev–Trinajstić information content (AvgIpc) is 3.70. The predicted octanol–water partition coefficient (Wildman–Crippen LogP) is 4.22. The number of aryl methyl sites for hydroxylation is 2. The van der Waals surface area contributed by atoms with E-state index in [4.69, 9.17) is 19.6 Å². The third kappa shape index (κ3) is 3.74. The summed E-state index contributed by atoms with van der Waals surface area (Å²) in [4.78, 5) is 9.58. The van der Waals surface area contributed by atoms with Gasteiger partial charge < -0.3 is 4.52 Å². The molecule has 0 fully saturated rings. The van der Waals surface area contributed by atoms with Crippen LogP contribution >= 0.6 is 0 Å². The number of hydrogen-bond acceptors (Lipinski definition) is 8. The second-order valence-corrected chi connectivity index (χ2v) is 10.5. The van der Waals surface area contributed by atoms with Gasteiger partial charge in [0.1, 0.15) is 17.2 Å². The van der Waals surface area contributed by atoms with Crippen LogP contribution in [0.25, 0.3) is 5.57 Å². The van der Waals surface area contributed by atoms with E-state index in [2.05, 4.69) is 52.2 Å². The average molecular weight is 537 g/mol. The summed E-state index contributed by atoms with van der Waals surface area (Å²) < 4.78 is 20.8. The predicted molar refractivity (Wildman–Crippen MR) is 149 cm³/mol. The van der Waals surface area contributed by atoms with Crippen molar-refractivity contribution in [1.29, 1.82) is 0 Å². The first-order valence-electron chi connectivity index (χ1n) is 13.5. The smallest absolute Gasteiger partial charge is 0.223 e. The number of hydrazone groups is 1. The van der Waals surface area contributed by atoms with Gasteiger partial charge in [0.25, 0.3) is 0 Å². The molecule has 7 rings (SSSR count). The molecule has 4 heterocycles. The number of benzene rings is 2. The molecule has 2 aliphatic heterocycles. The van der Waals surface area contributed by atoms with Crippen LogP contribution in [-0.4, -0.2) is 44.1 Å². The van der Waals surface area contributed by atoms with E-state index in [0.717, 1.165) is 29.7 Å². The molecule has 0 radical (unpaired) electrons. The molecule has 0 saturated carbocycles. The van der Waals surface area contributed by atoms with Crippen LogP contribution in [0.1, 0.15) is 59.7 Å². The molecule has 2 aromatic carbocycles. The Morgan fingerprint density at radius 1 is 1.15 bits per heavy atom. The normalized spacial score (nSPS) is 23.8. The Morgan fingerprint density at radius 2 is 1.98 bits per heavy atom. The van der Waals surface area contributed by atoms with Gasteiger partial charge in [0.2, 0.25) is 11.7 Å². The quantitative estimate of drug-likeness (QED) is 0.396. The summed E-state index contributed by atoms with van der Waals surface area (Å²) in [7, 11) is 1.91. The van der Waals surface area contributed by atoms with Crippen molar-refractivity contribution in [3.8, 4) is 0 Å². The van der Waals surface area contributed by atoms with Crippen molar-refractivity contribution in [3.63, 3.8) is 0 Å². The van der Waals surface area contributed by atoms with Crippen LogP contribution < -0.4 is 10.7 Å². The number of rotatable bonds is 5. The lowest BCUT2D eigenvalue weighted by atomic mass is 9.71. The van der Waals surface area contributed by atoms with Gasteiger partial charge in [-0.05, 0) is 59.4 Å². The van der Waals surface area contributed by atoms with Gasteiger partial charge in [-0.3, -0.25) is 20.4 Å². The Kier molecular flexibility index (Phi) is 5.74. The second kappa shape index (κ2) is 9.34. The number of nitrogens with one attached hydrogen (secondary N) is 2. The maximum absolute atomic E-state index is 13.5. The molecular weight excluding hydrogens is 507 g/mol. The highest BCUT2D eigenvalue weighted by atomic mass is 19.1. The zero-order chi connectivity index (χ0) is 27.4. The van der Waals surface area contributed by atoms with Gasteiger partial charge >= 0.3 is 0 Å². The Bertz CT molecular complexity index is 1660. The summed E-state index contributed by atoms with van der Waals surface area (Å²) in [5.74, 6) is 1.56. The summed E-state index contributed by atoms with van der Waals surface area (Å²) in [6, 6.07) is 14.7. The Hall–Kier alpha value is -4.44. The van der Waals surface area contributed by atoms with E-state index in [1.165, 1.54) is 34.4 Å². The summed E-state index contributed by atoms with van der Waals surface area (Å²) in [6.45, 7) is 4.43. The summed E-state index contributed by atoms with van der Waals surface area (Å²) >= 11 is 0. The first kappa shape index (κ1) is 24.6. The van der Waals surface area contributed by atoms with Crippen LogP contribution in [0.2, 0.25) is 0 Å². The van der Waals surface area contributed by atoms with E-state index < -0.39 is 5.54 Å². The zero-order valence-electron chi connectivity index (χ0n) is 22.5. The number of amidine groups is 1. The molecule has 2 aromatic heterocycles. The molecule has 40 heavy (non-hydrogen) atoms. The molecule has 0 bridgehead atoms. The molecule has 10 heteroatoms. The van der Waals surface area contributed by atoms with Crippen molar-refractivity contribution in [2.75, 3.05) is 6.54 Å². The molecule has 3 aliphatic rings. The summed E-state index contributed by atoms with van der Waals surface area (Å²) in [5, 5.41) is 17.8. The van der Waals surface area contributed by atoms with Crippen molar-refractivity contribution in [1.82, 2.24) is 30.7 Å². The molecule has 0 amide bonds. The van der Waals surface area contributed by atoms with Gasteiger partial charge in [-0.15, -0.1) is 0 Å². The highest BCUT2D eigenvalue weighted by molar-refractivity contribution is 6.05. The van der Waals surface area contributed by atoms with Crippen molar-refractivity contribution in [2.24, 2.45) is 17.1 Å². The molecule has 3 atom stereocenters. The van der Waals surface area contributed by atoms with Crippen molar-refractivity contribution in [2.45, 2.75) is 44.2 Å². The number of fused-ring (bicyclic) bond motifs is 2. The number of aromatic nitrogens is 4. The largest absolute Gasteiger partial charge is 0.340 e. The standard InChI is InChI=1S/C30H29FN8O/c1-4-21-22-7-5-6-8-23(22)24-13-25(26-15-32-28(37-36-26)18-9-11-20(31)12-10-18)35-30(27(21)24,19-14-33-39(3)16-19)29-34-17(2)40-38-29/h5-12,14,16,21,25,35H,4,13,15H2,1-3H3,(H,32,37). The highest BCUT2D eigenvalue weighted by Gasteiger charge is 2.54. The summed E-state index contributed by atoms with van der Waals surface area (Å²) in [6.07, 6.45) is 5.57. The van der Waals surface area contributed by atoms with Gasteiger partial charge in [-0.1, -0.05) is 36.3 Å². The van der Waals surface area contributed by atoms with Crippen LogP contribution in [-0.2, 0) is 12.6 Å². The van der Waals surface area contributed by atoms with Crippen molar-refractivity contribution < 1.29 is 8.91 Å². The third-order valence-electron chi connectivity index (χ3n) is 8.17. The van der Waals surface area contributed by atoms with E-state index in [-0.39, 0.29) is 17.8 Å². The molecule has 4 aromatic rings. The highest BCUT2D eigenvalue weighted by Crippen LogP contribution is 2.56. The first-order chi connectivity index (χ1) is 19.5. The van der Waals surface area contributed by atoms with Gasteiger partial charge in [-0.2, -0.15) is 15.2 Å². The molecule has 2 N–H and O–H groups in total. The van der Waals surface area contributed by atoms with E-state index in [9.17, 15) is 4.39 Å². The number of halogens is 1. The Labute approximate surface area is 230 Å². The van der Waals surface area contributed by atoms with Gasteiger partial charge in [0.05, 0.1) is 24.5 Å². The molecule has 9 nitrogen and oxygen atoms in total. The zero-order valence-corrected chi connectivity index (χ0v) is 22.5. The van der Waals surface area contributed by atoms with E-state index in [0.29, 0.717) is 24.1 Å². The number of aliphatic imine (C=N–C) groups is 1. The fraction of sp³-hybridized carbons (Fsp3) is 0.300. The maximum Gasteiger partial charge on any atom is 0.223 e.